The minimum atomic E-state index is -0.264. The number of benzene rings is 2. The van der Waals surface area contributed by atoms with E-state index in [1.54, 1.807) is 48.9 Å². The predicted molar refractivity (Wildman–Crippen MR) is 128 cm³/mol. The fourth-order valence-corrected chi connectivity index (χ4v) is 3.83. The van der Waals surface area contributed by atoms with Gasteiger partial charge in [-0.2, -0.15) is 0 Å². The normalized spacial score (nSPS) is 13.4. The third kappa shape index (κ3) is 4.92. The van der Waals surface area contributed by atoms with E-state index in [9.17, 15) is 9.59 Å². The van der Waals surface area contributed by atoms with Crippen LogP contribution in [0.3, 0.4) is 0 Å². The second kappa shape index (κ2) is 10.4. The van der Waals surface area contributed by atoms with E-state index in [-0.39, 0.29) is 18.4 Å². The highest BCUT2D eigenvalue weighted by atomic mass is 16.5. The lowest BCUT2D eigenvalue weighted by molar-refractivity contribution is 0.0297. The molecular weight excluding hydrogens is 434 g/mol. The Kier molecular flexibility index (Phi) is 7.18. The van der Waals surface area contributed by atoms with E-state index in [0.717, 1.165) is 5.56 Å². The van der Waals surface area contributed by atoms with Crippen molar-refractivity contribution in [2.45, 2.75) is 6.61 Å². The Morgan fingerprint density at radius 2 is 1.68 bits per heavy atom. The van der Waals surface area contributed by atoms with Gasteiger partial charge in [0, 0.05) is 38.9 Å². The van der Waals surface area contributed by atoms with Gasteiger partial charge in [0.15, 0.2) is 11.4 Å². The Morgan fingerprint density at radius 1 is 1.00 bits per heavy atom. The average molecular weight is 464 g/mol. The number of morpholine rings is 1. The topological polar surface area (TPSA) is 73.2 Å². The van der Waals surface area contributed by atoms with Crippen LogP contribution in [0.15, 0.2) is 60.7 Å². The molecule has 4 rings (SSSR count). The van der Waals surface area contributed by atoms with Crippen molar-refractivity contribution in [2.24, 2.45) is 0 Å². The van der Waals surface area contributed by atoms with Crippen LogP contribution in [-0.4, -0.2) is 73.7 Å². The number of hydrogen-bond donors (Lipinski definition) is 0. The molecule has 2 aromatic carbocycles. The van der Waals surface area contributed by atoms with Crippen LogP contribution in [0.1, 0.15) is 26.5 Å². The Labute approximate surface area is 199 Å². The molecule has 2 amide bonds. The quantitative estimate of drug-likeness (QED) is 0.538. The van der Waals surface area contributed by atoms with Gasteiger partial charge in [-0.3, -0.25) is 14.2 Å². The summed E-state index contributed by atoms with van der Waals surface area (Å²) < 4.78 is 18.5. The van der Waals surface area contributed by atoms with Crippen molar-refractivity contribution in [3.63, 3.8) is 0 Å². The molecule has 0 N–H and O–H groups in total. The first-order valence-electron chi connectivity index (χ1n) is 11.1. The molecule has 1 aliphatic heterocycles. The number of ether oxygens (including phenoxy) is 3. The summed E-state index contributed by atoms with van der Waals surface area (Å²) in [6.07, 6.45) is 0. The van der Waals surface area contributed by atoms with Crippen molar-refractivity contribution >= 4 is 11.8 Å². The van der Waals surface area contributed by atoms with E-state index in [0.29, 0.717) is 54.9 Å². The summed E-state index contributed by atoms with van der Waals surface area (Å²) in [5.41, 5.74) is 2.28. The van der Waals surface area contributed by atoms with E-state index >= 15 is 0 Å². The first kappa shape index (κ1) is 23.4. The van der Waals surface area contributed by atoms with E-state index in [4.69, 9.17) is 14.2 Å². The number of methoxy groups -OCH3 is 1. The first-order valence-corrected chi connectivity index (χ1v) is 11.1. The summed E-state index contributed by atoms with van der Waals surface area (Å²) in [5.74, 6) is 0.592. The van der Waals surface area contributed by atoms with E-state index < -0.39 is 0 Å². The second-order valence-electron chi connectivity index (χ2n) is 8.15. The zero-order chi connectivity index (χ0) is 24.1. The summed E-state index contributed by atoms with van der Waals surface area (Å²) >= 11 is 0. The van der Waals surface area contributed by atoms with Crippen molar-refractivity contribution in [1.29, 1.82) is 0 Å². The first-order chi connectivity index (χ1) is 16.5. The number of carbonyl (C=O) groups excluding carboxylic acids is 2. The molecule has 178 valence electrons. The molecule has 1 fully saturated rings. The van der Waals surface area contributed by atoms with Crippen LogP contribution in [0, 0.1) is 0 Å². The zero-order valence-corrected chi connectivity index (χ0v) is 19.7. The number of nitrogens with zero attached hydrogens (tertiary/aromatic N) is 3. The van der Waals surface area contributed by atoms with Gasteiger partial charge >= 0.3 is 0 Å². The van der Waals surface area contributed by atoms with Crippen LogP contribution < -0.4 is 9.47 Å². The maximum atomic E-state index is 13.6. The molecule has 1 aliphatic rings. The van der Waals surface area contributed by atoms with Crippen LogP contribution in [0.5, 0.6) is 11.5 Å². The lowest BCUT2D eigenvalue weighted by atomic mass is 10.2. The molecule has 2 heterocycles. The van der Waals surface area contributed by atoms with Gasteiger partial charge in [0.05, 0.1) is 20.3 Å². The summed E-state index contributed by atoms with van der Waals surface area (Å²) in [4.78, 5) is 30.2. The molecular formula is C26H29N3O5. The largest absolute Gasteiger partial charge is 0.497 e. The summed E-state index contributed by atoms with van der Waals surface area (Å²) in [7, 11) is 4.95. The molecule has 34 heavy (non-hydrogen) atoms. The number of carbonyl (C=O) groups is 2. The lowest BCUT2D eigenvalue weighted by Crippen LogP contribution is -2.41. The third-order valence-corrected chi connectivity index (χ3v) is 5.66. The van der Waals surface area contributed by atoms with Gasteiger partial charge in [-0.25, -0.2) is 0 Å². The van der Waals surface area contributed by atoms with Gasteiger partial charge in [-0.15, -0.1) is 0 Å². The van der Waals surface area contributed by atoms with Gasteiger partial charge in [0.1, 0.15) is 18.1 Å². The van der Waals surface area contributed by atoms with Crippen LogP contribution in [-0.2, 0) is 11.3 Å². The number of hydrogen-bond acceptors (Lipinski definition) is 5. The molecule has 8 heteroatoms. The highest BCUT2D eigenvalue weighted by molar-refractivity contribution is 6.01. The van der Waals surface area contributed by atoms with Gasteiger partial charge in [0.25, 0.3) is 11.8 Å². The summed E-state index contributed by atoms with van der Waals surface area (Å²) in [6.45, 7) is 2.21. The van der Waals surface area contributed by atoms with E-state index in [1.165, 1.54) is 4.90 Å². The third-order valence-electron chi connectivity index (χ3n) is 5.66. The molecule has 1 aromatic heterocycles. The smallest absolute Gasteiger partial charge is 0.274 e. The SMILES string of the molecule is COc1ccc(-n2c(C(=O)N3CCOCC3)cc(OCc3ccccc3)c2C(=O)N(C)C)cc1. The van der Waals surface area contributed by atoms with Gasteiger partial charge in [-0.1, -0.05) is 30.3 Å². The van der Waals surface area contributed by atoms with Crippen LogP contribution in [0.25, 0.3) is 5.69 Å². The van der Waals surface area contributed by atoms with Gasteiger partial charge in [0.2, 0.25) is 0 Å². The molecule has 0 radical (unpaired) electrons. The molecule has 0 bridgehead atoms. The molecule has 8 nitrogen and oxygen atoms in total. The standard InChI is InChI=1S/C26H29N3O5/c1-27(2)26(31)24-23(34-18-19-7-5-4-6-8-19)17-22(25(30)28-13-15-33-16-14-28)29(24)20-9-11-21(32-3)12-10-20/h4-12,17H,13-16,18H2,1-3H3. The van der Waals surface area contributed by atoms with Crippen molar-refractivity contribution < 1.29 is 23.8 Å². The highest BCUT2D eigenvalue weighted by Crippen LogP contribution is 2.31. The summed E-state index contributed by atoms with van der Waals surface area (Å²) in [5, 5.41) is 0. The molecule has 3 aromatic rings. The van der Waals surface area contributed by atoms with Crippen LogP contribution in [0.2, 0.25) is 0 Å². The van der Waals surface area contributed by atoms with Gasteiger partial charge in [-0.05, 0) is 29.8 Å². The van der Waals surface area contributed by atoms with Crippen molar-refractivity contribution in [3.8, 4) is 17.2 Å². The Hall–Kier alpha value is -3.78. The number of rotatable bonds is 7. The van der Waals surface area contributed by atoms with Crippen molar-refractivity contribution in [2.75, 3.05) is 47.5 Å². The fourth-order valence-electron chi connectivity index (χ4n) is 3.83. The molecule has 0 atom stereocenters. The second-order valence-corrected chi connectivity index (χ2v) is 8.15. The van der Waals surface area contributed by atoms with E-state index in [1.807, 2.05) is 42.5 Å². The number of aromatic nitrogens is 1. The zero-order valence-electron chi connectivity index (χ0n) is 19.7. The van der Waals surface area contributed by atoms with Crippen molar-refractivity contribution in [1.82, 2.24) is 14.4 Å². The Bertz CT molecular complexity index is 1130. The highest BCUT2D eigenvalue weighted by Gasteiger charge is 2.30. The molecule has 0 saturated carbocycles. The Balaban J connectivity index is 1.83. The Morgan fingerprint density at radius 3 is 2.29 bits per heavy atom. The molecule has 0 aliphatic carbocycles. The minimum Gasteiger partial charge on any atom is -0.497 e. The molecule has 1 saturated heterocycles. The van der Waals surface area contributed by atoms with Crippen molar-refractivity contribution in [3.05, 3.63) is 77.6 Å². The number of amides is 2. The van der Waals surface area contributed by atoms with Gasteiger partial charge < -0.3 is 24.0 Å². The average Bonchev–Trinajstić information content (AvgIpc) is 3.27. The monoisotopic (exact) mass is 463 g/mol. The lowest BCUT2D eigenvalue weighted by Gasteiger charge is -2.27. The summed E-state index contributed by atoms with van der Waals surface area (Å²) in [6, 6.07) is 18.6. The van der Waals surface area contributed by atoms with E-state index in [2.05, 4.69) is 0 Å². The predicted octanol–water partition coefficient (Wildman–Crippen LogP) is 3.24. The fraction of sp³-hybridized carbons (Fsp3) is 0.308. The van der Waals surface area contributed by atoms with Crippen LogP contribution in [0.4, 0.5) is 0 Å². The minimum absolute atomic E-state index is 0.179. The molecule has 0 spiro atoms. The molecule has 0 unspecified atom stereocenters. The van der Waals surface area contributed by atoms with Crippen LogP contribution >= 0.6 is 0 Å². The maximum absolute atomic E-state index is 13.6. The maximum Gasteiger partial charge on any atom is 0.274 e.